The summed E-state index contributed by atoms with van der Waals surface area (Å²) in [6, 6.07) is 0.316. The molecule has 0 aromatic rings. The topological polar surface area (TPSA) is 23.6 Å². The van der Waals surface area contributed by atoms with Crippen LogP contribution >= 0.6 is 11.9 Å². The number of rotatable bonds is 3. The second-order valence-corrected chi connectivity index (χ2v) is 4.65. The van der Waals surface area contributed by atoms with Crippen molar-refractivity contribution in [2.45, 2.75) is 19.9 Å². The minimum atomic E-state index is 0.236. The first-order chi connectivity index (χ1) is 6.06. The molecular weight excluding hydrogens is 184 g/mol. The van der Waals surface area contributed by atoms with E-state index in [2.05, 4.69) is 4.31 Å². The van der Waals surface area contributed by atoms with Gasteiger partial charge in [0.05, 0.1) is 5.92 Å². The molecule has 0 N–H and O–H groups in total. The molecule has 1 amide bonds. The normalized spacial score (nSPS) is 18.8. The second kappa shape index (κ2) is 4.33. The monoisotopic (exact) mass is 202 g/mol. The number of nitrogens with zero attached hydrogens (tertiary/aromatic N) is 2. The van der Waals surface area contributed by atoms with E-state index in [1.807, 2.05) is 32.1 Å². The molecule has 1 saturated heterocycles. The van der Waals surface area contributed by atoms with E-state index in [-0.39, 0.29) is 5.92 Å². The van der Waals surface area contributed by atoms with Crippen molar-refractivity contribution in [1.29, 1.82) is 0 Å². The SMILES string of the molecule is CSN1CC(C(=O)N(C)C(C)C)C1. The van der Waals surface area contributed by atoms with Crippen molar-refractivity contribution >= 4 is 17.9 Å². The molecule has 0 atom stereocenters. The summed E-state index contributed by atoms with van der Waals surface area (Å²) in [7, 11) is 1.88. The lowest BCUT2D eigenvalue weighted by Gasteiger charge is -2.39. The highest BCUT2D eigenvalue weighted by atomic mass is 32.2. The largest absolute Gasteiger partial charge is 0.343 e. The van der Waals surface area contributed by atoms with Gasteiger partial charge in [-0.15, -0.1) is 0 Å². The molecule has 13 heavy (non-hydrogen) atoms. The third kappa shape index (κ3) is 2.38. The molecular formula is C9H18N2OS. The van der Waals surface area contributed by atoms with Crippen LogP contribution < -0.4 is 0 Å². The smallest absolute Gasteiger partial charge is 0.228 e. The first kappa shape index (κ1) is 10.9. The molecule has 1 aliphatic heterocycles. The summed E-state index contributed by atoms with van der Waals surface area (Å²) in [5.74, 6) is 0.528. The maximum atomic E-state index is 11.7. The van der Waals surface area contributed by atoms with Crippen LogP contribution in [0.2, 0.25) is 0 Å². The minimum absolute atomic E-state index is 0.236. The summed E-state index contributed by atoms with van der Waals surface area (Å²) in [6.07, 6.45) is 2.05. The van der Waals surface area contributed by atoms with Crippen LogP contribution in [0.5, 0.6) is 0 Å². The molecule has 0 radical (unpaired) electrons. The Morgan fingerprint density at radius 2 is 2.08 bits per heavy atom. The van der Waals surface area contributed by atoms with Gasteiger partial charge in [-0.3, -0.25) is 4.79 Å². The number of hydrogen-bond donors (Lipinski definition) is 0. The van der Waals surface area contributed by atoms with Crippen molar-refractivity contribution in [1.82, 2.24) is 9.21 Å². The molecule has 0 unspecified atom stereocenters. The van der Waals surface area contributed by atoms with Crippen molar-refractivity contribution in [3.63, 3.8) is 0 Å². The van der Waals surface area contributed by atoms with Crippen LogP contribution in [-0.4, -0.2) is 47.5 Å². The van der Waals surface area contributed by atoms with E-state index in [1.54, 1.807) is 11.9 Å². The molecule has 0 aliphatic carbocycles. The van der Waals surface area contributed by atoms with Crippen LogP contribution in [0.25, 0.3) is 0 Å². The van der Waals surface area contributed by atoms with Crippen LogP contribution in [0.4, 0.5) is 0 Å². The third-order valence-electron chi connectivity index (χ3n) is 2.58. The molecule has 1 aliphatic rings. The molecule has 0 bridgehead atoms. The number of amides is 1. The molecule has 76 valence electrons. The summed E-state index contributed by atoms with van der Waals surface area (Å²) in [5, 5.41) is 0. The minimum Gasteiger partial charge on any atom is -0.343 e. The Labute approximate surface area is 84.6 Å². The van der Waals surface area contributed by atoms with Crippen molar-refractivity contribution in [2.75, 3.05) is 26.4 Å². The van der Waals surface area contributed by atoms with Crippen LogP contribution in [0.15, 0.2) is 0 Å². The Morgan fingerprint density at radius 1 is 1.54 bits per heavy atom. The predicted molar refractivity (Wildman–Crippen MR) is 56.5 cm³/mol. The summed E-state index contributed by atoms with van der Waals surface area (Å²) < 4.78 is 2.21. The fourth-order valence-corrected chi connectivity index (χ4v) is 1.94. The van der Waals surface area contributed by atoms with Crippen LogP contribution in [-0.2, 0) is 4.79 Å². The Hall–Kier alpha value is -0.220. The highest BCUT2D eigenvalue weighted by molar-refractivity contribution is 7.96. The number of carbonyl (C=O) groups excluding carboxylic acids is 1. The van der Waals surface area contributed by atoms with Crippen molar-refractivity contribution < 1.29 is 4.79 Å². The van der Waals surface area contributed by atoms with Gasteiger partial charge in [-0.05, 0) is 20.1 Å². The molecule has 0 saturated carbocycles. The molecule has 1 heterocycles. The highest BCUT2D eigenvalue weighted by Gasteiger charge is 2.34. The fraction of sp³-hybridized carbons (Fsp3) is 0.889. The standard InChI is InChI=1S/C9H18N2OS/c1-7(2)10(3)9(12)8-5-11(6-8)13-4/h7-8H,5-6H2,1-4H3. The van der Waals surface area contributed by atoms with Gasteiger partial charge in [-0.1, -0.05) is 11.9 Å². The molecule has 0 aromatic carbocycles. The lowest BCUT2D eigenvalue weighted by Crippen LogP contribution is -2.52. The average Bonchev–Trinajstić information content (AvgIpc) is 2.00. The van der Waals surface area contributed by atoms with Crippen molar-refractivity contribution in [3.8, 4) is 0 Å². The van der Waals surface area contributed by atoms with Crippen LogP contribution in [0, 0.1) is 5.92 Å². The number of hydrogen-bond acceptors (Lipinski definition) is 3. The second-order valence-electron chi connectivity index (χ2n) is 3.77. The summed E-state index contributed by atoms with van der Waals surface area (Å²) >= 11 is 1.72. The van der Waals surface area contributed by atoms with E-state index in [4.69, 9.17) is 0 Å². The van der Waals surface area contributed by atoms with Gasteiger partial charge in [0.25, 0.3) is 0 Å². The van der Waals surface area contributed by atoms with Gasteiger partial charge in [0.2, 0.25) is 5.91 Å². The Morgan fingerprint density at radius 3 is 2.46 bits per heavy atom. The zero-order valence-electron chi connectivity index (χ0n) is 8.78. The van der Waals surface area contributed by atoms with Gasteiger partial charge in [0.1, 0.15) is 0 Å². The highest BCUT2D eigenvalue weighted by Crippen LogP contribution is 2.23. The van der Waals surface area contributed by atoms with Crippen LogP contribution in [0.3, 0.4) is 0 Å². The maximum absolute atomic E-state index is 11.7. The quantitative estimate of drug-likeness (QED) is 0.639. The third-order valence-corrected chi connectivity index (χ3v) is 3.39. The van der Waals surface area contributed by atoms with E-state index in [1.165, 1.54) is 0 Å². The summed E-state index contributed by atoms with van der Waals surface area (Å²) in [5.41, 5.74) is 0. The van der Waals surface area contributed by atoms with Crippen LogP contribution in [0.1, 0.15) is 13.8 Å². The van der Waals surface area contributed by atoms with Gasteiger partial charge < -0.3 is 4.90 Å². The molecule has 0 aromatic heterocycles. The van der Waals surface area contributed by atoms with E-state index < -0.39 is 0 Å². The van der Waals surface area contributed by atoms with Gasteiger partial charge >= 0.3 is 0 Å². The summed E-state index contributed by atoms with van der Waals surface area (Å²) in [6.45, 7) is 5.92. The molecule has 3 nitrogen and oxygen atoms in total. The van der Waals surface area contributed by atoms with E-state index >= 15 is 0 Å². The molecule has 0 spiro atoms. The van der Waals surface area contributed by atoms with Gasteiger partial charge in [-0.25, -0.2) is 4.31 Å². The van der Waals surface area contributed by atoms with Gasteiger partial charge in [-0.2, -0.15) is 0 Å². The predicted octanol–water partition coefficient (Wildman–Crippen LogP) is 1.06. The molecule has 1 rings (SSSR count). The van der Waals surface area contributed by atoms with Crippen molar-refractivity contribution in [3.05, 3.63) is 0 Å². The van der Waals surface area contributed by atoms with E-state index in [0.717, 1.165) is 13.1 Å². The first-order valence-corrected chi connectivity index (χ1v) is 5.80. The van der Waals surface area contributed by atoms with Gasteiger partial charge in [0.15, 0.2) is 0 Å². The van der Waals surface area contributed by atoms with Crippen molar-refractivity contribution in [2.24, 2.45) is 5.92 Å². The van der Waals surface area contributed by atoms with E-state index in [0.29, 0.717) is 11.9 Å². The lowest BCUT2D eigenvalue weighted by atomic mass is 10.0. The Kier molecular flexibility index (Phi) is 3.62. The summed E-state index contributed by atoms with van der Waals surface area (Å²) in [4.78, 5) is 13.6. The van der Waals surface area contributed by atoms with Gasteiger partial charge in [0, 0.05) is 26.2 Å². The molecule has 1 fully saturated rings. The Bertz CT molecular complexity index is 190. The fourth-order valence-electron chi connectivity index (χ4n) is 1.29. The number of carbonyl (C=O) groups is 1. The zero-order chi connectivity index (χ0) is 10.0. The van der Waals surface area contributed by atoms with E-state index in [9.17, 15) is 4.79 Å². The lowest BCUT2D eigenvalue weighted by molar-refractivity contribution is -0.138. The molecule has 4 heteroatoms. The zero-order valence-corrected chi connectivity index (χ0v) is 9.60. The first-order valence-electron chi connectivity index (χ1n) is 4.62. The maximum Gasteiger partial charge on any atom is 0.228 e. The average molecular weight is 202 g/mol. The Balaban J connectivity index is 2.34.